The van der Waals surface area contributed by atoms with Gasteiger partial charge in [-0.05, 0) is 77.6 Å². The Labute approximate surface area is 247 Å². The van der Waals surface area contributed by atoms with E-state index in [1.165, 1.54) is 37.7 Å². The lowest BCUT2D eigenvalue weighted by Gasteiger charge is -2.27. The number of amides is 1. The van der Waals surface area contributed by atoms with Crippen LogP contribution in [0.1, 0.15) is 59.5 Å². The topological polar surface area (TPSA) is 135 Å². The highest BCUT2D eigenvalue weighted by molar-refractivity contribution is 6.35. The van der Waals surface area contributed by atoms with Crippen molar-refractivity contribution in [2.24, 2.45) is 4.99 Å². The van der Waals surface area contributed by atoms with Crippen LogP contribution in [0.2, 0.25) is 10.0 Å². The molecule has 5 rings (SSSR count). The third kappa shape index (κ3) is 7.39. The van der Waals surface area contributed by atoms with E-state index in [4.69, 9.17) is 28.2 Å². The van der Waals surface area contributed by atoms with Gasteiger partial charge in [-0.15, -0.1) is 5.10 Å². The first-order chi connectivity index (χ1) is 20.0. The molecule has 1 saturated carbocycles. The van der Waals surface area contributed by atoms with Crippen LogP contribution in [0.4, 0.5) is 17.3 Å². The predicted molar refractivity (Wildman–Crippen MR) is 159 cm³/mol. The largest absolute Gasteiger partial charge is 0.307 e. The number of anilines is 2. The molecule has 1 amide bonds. The quantitative estimate of drug-likeness (QED) is 0.0962. The number of carbonyl (C=O) groups excluding carboxylic acids is 1. The van der Waals surface area contributed by atoms with Crippen molar-refractivity contribution in [3.63, 3.8) is 0 Å². The molecule has 3 aromatic carbocycles. The second kappa shape index (κ2) is 13.3. The zero-order chi connectivity index (χ0) is 28.6. The number of nitrogens with one attached hydrogen (secondary N) is 3. The van der Waals surface area contributed by atoms with Crippen LogP contribution < -0.4 is 15.5 Å². The van der Waals surface area contributed by atoms with Gasteiger partial charge in [0.2, 0.25) is 5.96 Å². The molecule has 1 aliphatic carbocycles. The third-order valence-electron chi connectivity index (χ3n) is 6.91. The molecule has 41 heavy (non-hydrogen) atoms. The summed E-state index contributed by atoms with van der Waals surface area (Å²) in [6, 6.07) is 20.5. The Bertz CT molecular complexity index is 1520. The third-order valence-corrected chi connectivity index (χ3v) is 7.35. The molecule has 3 N–H and O–H groups in total. The van der Waals surface area contributed by atoms with Gasteiger partial charge < -0.3 is 4.90 Å². The van der Waals surface area contributed by atoms with E-state index in [-0.39, 0.29) is 11.9 Å². The number of carbonyl (C=O) groups is 1. The number of nitrogens with zero attached hydrogens (tertiary/aromatic N) is 6. The summed E-state index contributed by atoms with van der Waals surface area (Å²) in [4.78, 5) is 19.1. The second-order valence-electron chi connectivity index (χ2n) is 9.70. The van der Waals surface area contributed by atoms with Gasteiger partial charge in [0.05, 0.1) is 12.2 Å². The number of guanidine groups is 1. The summed E-state index contributed by atoms with van der Waals surface area (Å²) in [7, 11) is 0. The van der Waals surface area contributed by atoms with E-state index in [1.54, 1.807) is 30.3 Å². The summed E-state index contributed by atoms with van der Waals surface area (Å²) < 4.78 is 0. The molecule has 0 unspecified atom stereocenters. The second-order valence-corrected chi connectivity index (χ2v) is 10.6. The molecule has 208 valence electrons. The lowest BCUT2D eigenvalue weighted by atomic mass is 9.84. The summed E-state index contributed by atoms with van der Waals surface area (Å²) >= 11 is 12.4. The lowest BCUT2D eigenvalue weighted by Crippen LogP contribution is -2.39. The summed E-state index contributed by atoms with van der Waals surface area (Å²) in [6.07, 6.45) is 8.22. The minimum absolute atomic E-state index is 0.0893. The molecule has 0 atom stereocenters. The Kier molecular flexibility index (Phi) is 9.08. The summed E-state index contributed by atoms with van der Waals surface area (Å²) in [5, 5.41) is 29.0. The summed E-state index contributed by atoms with van der Waals surface area (Å²) in [5.74, 6) is 0.595. The van der Waals surface area contributed by atoms with Gasteiger partial charge >= 0.3 is 0 Å². The Morgan fingerprint density at radius 2 is 1.73 bits per heavy atom. The summed E-state index contributed by atoms with van der Waals surface area (Å²) in [5.41, 5.74) is 3.97. The number of nitriles is 1. The number of aromatic amines is 1. The minimum atomic E-state index is -0.362. The lowest BCUT2D eigenvalue weighted by molar-refractivity contribution is 0.102. The van der Waals surface area contributed by atoms with Crippen LogP contribution in [0.15, 0.2) is 71.7 Å². The van der Waals surface area contributed by atoms with Gasteiger partial charge in [0.15, 0.2) is 6.19 Å². The van der Waals surface area contributed by atoms with Crippen molar-refractivity contribution in [1.82, 2.24) is 25.9 Å². The van der Waals surface area contributed by atoms with Crippen molar-refractivity contribution in [3.8, 4) is 6.19 Å². The molecule has 1 aromatic heterocycles. The number of aliphatic imine (C=N–C) groups is 1. The molecule has 12 heteroatoms. The average Bonchev–Trinajstić information content (AvgIpc) is 3.49. The van der Waals surface area contributed by atoms with Crippen LogP contribution in [-0.2, 0) is 6.54 Å². The number of hydrogen-bond acceptors (Lipinski definition) is 6. The van der Waals surface area contributed by atoms with E-state index in [2.05, 4.69) is 55.5 Å². The van der Waals surface area contributed by atoms with Crippen LogP contribution in [0.5, 0.6) is 0 Å². The zero-order valence-electron chi connectivity index (χ0n) is 22.0. The molecule has 0 bridgehead atoms. The van der Waals surface area contributed by atoms with Crippen molar-refractivity contribution >= 4 is 52.4 Å². The van der Waals surface area contributed by atoms with Gasteiger partial charge in [0.25, 0.3) is 11.9 Å². The normalized spacial score (nSPS) is 13.8. The maximum Gasteiger partial charge on any atom is 0.270 e. The molecule has 1 heterocycles. The molecule has 0 spiro atoms. The Balaban J connectivity index is 1.45. The molecule has 0 aliphatic heterocycles. The molecule has 0 saturated heterocycles. The molecule has 4 aromatic rings. The van der Waals surface area contributed by atoms with E-state index >= 15 is 0 Å². The SMILES string of the molecule is N#CNC(=Nc1cc(Cl)cc(Cl)c1)N(Cc1ccc(C(=O)Nc2nn[nH]n2)cc1)c1ccc(C2CCCCC2)cc1. The number of hydrogen-bond donors (Lipinski definition) is 3. The van der Waals surface area contributed by atoms with E-state index in [0.29, 0.717) is 39.7 Å². The average molecular weight is 589 g/mol. The van der Waals surface area contributed by atoms with Crippen LogP contribution in [-0.4, -0.2) is 32.5 Å². The van der Waals surface area contributed by atoms with Crippen molar-refractivity contribution in [1.29, 1.82) is 5.26 Å². The first kappa shape index (κ1) is 28.1. The molecule has 1 aliphatic rings. The monoisotopic (exact) mass is 587 g/mol. The Hall–Kier alpha value is -4.46. The van der Waals surface area contributed by atoms with Crippen molar-refractivity contribution in [2.75, 3.05) is 10.2 Å². The Morgan fingerprint density at radius 3 is 2.37 bits per heavy atom. The summed E-state index contributed by atoms with van der Waals surface area (Å²) in [6.45, 7) is 0.358. The van der Waals surface area contributed by atoms with Crippen LogP contribution >= 0.6 is 23.2 Å². The smallest absolute Gasteiger partial charge is 0.270 e. The van der Waals surface area contributed by atoms with E-state index in [1.807, 2.05) is 23.2 Å². The molecular formula is C29H27Cl2N9O. The van der Waals surface area contributed by atoms with Crippen molar-refractivity contribution in [2.45, 2.75) is 44.6 Å². The van der Waals surface area contributed by atoms with Crippen LogP contribution in [0.25, 0.3) is 0 Å². The maximum absolute atomic E-state index is 12.6. The van der Waals surface area contributed by atoms with Gasteiger partial charge in [-0.2, -0.15) is 10.5 Å². The highest BCUT2D eigenvalue weighted by Crippen LogP contribution is 2.34. The number of aromatic nitrogens is 4. The molecule has 0 radical (unpaired) electrons. The molecule has 1 fully saturated rings. The first-order valence-corrected chi connectivity index (χ1v) is 14.0. The number of tetrazole rings is 1. The van der Waals surface area contributed by atoms with Gasteiger partial charge in [0.1, 0.15) is 0 Å². The fraction of sp³-hybridized carbons (Fsp3) is 0.241. The highest BCUT2D eigenvalue weighted by Gasteiger charge is 2.19. The van der Waals surface area contributed by atoms with Gasteiger partial charge in [0, 0.05) is 21.3 Å². The van der Waals surface area contributed by atoms with E-state index in [0.717, 1.165) is 11.3 Å². The highest BCUT2D eigenvalue weighted by atomic mass is 35.5. The van der Waals surface area contributed by atoms with Gasteiger partial charge in [-0.1, -0.05) is 71.8 Å². The van der Waals surface area contributed by atoms with Gasteiger partial charge in [-0.25, -0.2) is 4.99 Å². The minimum Gasteiger partial charge on any atom is -0.307 e. The predicted octanol–water partition coefficient (Wildman–Crippen LogP) is 6.57. The van der Waals surface area contributed by atoms with E-state index in [9.17, 15) is 10.1 Å². The number of halogens is 2. The van der Waals surface area contributed by atoms with Crippen molar-refractivity contribution < 1.29 is 4.79 Å². The van der Waals surface area contributed by atoms with Crippen LogP contribution in [0.3, 0.4) is 0 Å². The number of H-pyrrole nitrogens is 1. The zero-order valence-corrected chi connectivity index (χ0v) is 23.5. The number of benzene rings is 3. The van der Waals surface area contributed by atoms with Gasteiger partial charge in [-0.3, -0.25) is 15.4 Å². The fourth-order valence-electron chi connectivity index (χ4n) is 4.92. The standard InChI is InChI=1S/C29H27Cl2N9O/c30-23-14-24(31)16-25(15-23)34-29(33-18-32)40(26-12-10-21(11-13-26)20-4-2-1-3-5-20)17-19-6-8-22(9-7-19)27(41)35-28-36-38-39-37-28/h6-16,20H,1-5,17H2,(H,33,34)(H2,35,36,37,38,39,41). The van der Waals surface area contributed by atoms with Crippen molar-refractivity contribution in [3.05, 3.63) is 93.5 Å². The molecular weight excluding hydrogens is 561 g/mol. The first-order valence-electron chi connectivity index (χ1n) is 13.2. The van der Waals surface area contributed by atoms with E-state index < -0.39 is 0 Å². The Morgan fingerprint density at radius 1 is 1.02 bits per heavy atom. The fourth-order valence-corrected chi connectivity index (χ4v) is 5.43. The van der Waals surface area contributed by atoms with Crippen LogP contribution in [0, 0.1) is 11.5 Å². The maximum atomic E-state index is 12.6. The molecule has 10 nitrogen and oxygen atoms in total. The number of rotatable bonds is 7.